The fourth-order valence-corrected chi connectivity index (χ4v) is 4.87. The Kier molecular flexibility index (Phi) is 4.72. The van der Waals surface area contributed by atoms with Crippen LogP contribution in [-0.4, -0.2) is 36.6 Å². The second-order valence-electron chi connectivity index (χ2n) is 8.37. The highest BCUT2D eigenvalue weighted by atomic mass is 15.2. The minimum Gasteiger partial charge on any atom is -0.312 e. The Morgan fingerprint density at radius 1 is 1.00 bits per heavy atom. The molecular weight excluding hydrogens is 244 g/mol. The molecule has 0 amide bonds. The Morgan fingerprint density at radius 2 is 1.80 bits per heavy atom. The number of nitrogens with one attached hydrogen (secondary N) is 1. The van der Waals surface area contributed by atoms with Crippen molar-refractivity contribution in [2.75, 3.05) is 19.6 Å². The van der Waals surface area contributed by atoms with Gasteiger partial charge in [-0.3, -0.25) is 4.90 Å². The van der Waals surface area contributed by atoms with E-state index in [0.717, 1.165) is 18.0 Å². The molecule has 2 saturated carbocycles. The van der Waals surface area contributed by atoms with Crippen molar-refractivity contribution in [2.24, 2.45) is 11.3 Å². The lowest BCUT2D eigenvalue weighted by atomic mass is 9.83. The highest BCUT2D eigenvalue weighted by Gasteiger charge is 2.36. The van der Waals surface area contributed by atoms with E-state index >= 15 is 0 Å². The fraction of sp³-hybridized carbons (Fsp3) is 1.00. The van der Waals surface area contributed by atoms with Crippen LogP contribution in [0, 0.1) is 11.3 Å². The molecule has 2 atom stereocenters. The van der Waals surface area contributed by atoms with Gasteiger partial charge in [0.15, 0.2) is 0 Å². The number of rotatable bonds is 2. The minimum atomic E-state index is 0.588. The zero-order valence-electron chi connectivity index (χ0n) is 13.7. The Morgan fingerprint density at radius 3 is 2.50 bits per heavy atom. The highest BCUT2D eigenvalue weighted by molar-refractivity contribution is 4.92. The van der Waals surface area contributed by atoms with Crippen LogP contribution in [0.2, 0.25) is 0 Å². The smallest absolute Gasteiger partial charge is 0.0223 e. The third kappa shape index (κ3) is 3.57. The van der Waals surface area contributed by atoms with Gasteiger partial charge in [0.05, 0.1) is 0 Å². The van der Waals surface area contributed by atoms with Gasteiger partial charge in [-0.2, -0.15) is 0 Å². The van der Waals surface area contributed by atoms with Crippen LogP contribution < -0.4 is 5.32 Å². The second kappa shape index (κ2) is 6.36. The van der Waals surface area contributed by atoms with Crippen molar-refractivity contribution in [2.45, 2.75) is 83.7 Å². The maximum absolute atomic E-state index is 3.88. The topological polar surface area (TPSA) is 15.3 Å². The van der Waals surface area contributed by atoms with Crippen molar-refractivity contribution in [3.8, 4) is 0 Å². The van der Waals surface area contributed by atoms with Crippen molar-refractivity contribution in [1.82, 2.24) is 10.2 Å². The molecule has 0 spiro atoms. The minimum absolute atomic E-state index is 0.588. The summed E-state index contributed by atoms with van der Waals surface area (Å²) < 4.78 is 0. The van der Waals surface area contributed by atoms with Gasteiger partial charge in [0.1, 0.15) is 0 Å². The van der Waals surface area contributed by atoms with Gasteiger partial charge in [-0.15, -0.1) is 0 Å². The maximum Gasteiger partial charge on any atom is 0.0223 e. The van der Waals surface area contributed by atoms with Crippen molar-refractivity contribution < 1.29 is 0 Å². The van der Waals surface area contributed by atoms with Gasteiger partial charge in [-0.1, -0.05) is 33.1 Å². The second-order valence-corrected chi connectivity index (χ2v) is 8.37. The Hall–Kier alpha value is -0.0800. The molecule has 1 saturated heterocycles. The Balaban J connectivity index is 1.60. The molecule has 1 N–H and O–H groups in total. The molecule has 1 aliphatic heterocycles. The summed E-state index contributed by atoms with van der Waals surface area (Å²) in [7, 11) is 0. The summed E-state index contributed by atoms with van der Waals surface area (Å²) in [5.41, 5.74) is 0.588. The van der Waals surface area contributed by atoms with E-state index in [2.05, 4.69) is 24.1 Å². The fourth-order valence-electron chi connectivity index (χ4n) is 4.87. The van der Waals surface area contributed by atoms with Gasteiger partial charge in [-0.25, -0.2) is 0 Å². The molecule has 3 rings (SSSR count). The molecule has 2 heteroatoms. The molecular formula is C18H34N2. The van der Waals surface area contributed by atoms with Gasteiger partial charge in [0.2, 0.25) is 0 Å². The average molecular weight is 278 g/mol. The molecule has 0 aromatic rings. The summed E-state index contributed by atoms with van der Waals surface area (Å²) in [5, 5.41) is 3.88. The Labute approximate surface area is 125 Å². The molecule has 2 aliphatic carbocycles. The highest BCUT2D eigenvalue weighted by Crippen LogP contribution is 2.40. The summed E-state index contributed by atoms with van der Waals surface area (Å²) in [6.45, 7) is 8.82. The van der Waals surface area contributed by atoms with Gasteiger partial charge < -0.3 is 5.32 Å². The normalized spacial score (nSPS) is 36.9. The van der Waals surface area contributed by atoms with Crippen LogP contribution in [0.4, 0.5) is 0 Å². The first-order valence-electron chi connectivity index (χ1n) is 9.11. The lowest BCUT2D eigenvalue weighted by Gasteiger charge is -2.35. The molecule has 20 heavy (non-hydrogen) atoms. The van der Waals surface area contributed by atoms with E-state index in [1.165, 1.54) is 77.4 Å². The standard InChI is InChI=1S/C18H34N2/c1-18(2)10-9-16(13-18)20-12-6-11-19-17(14-20)15-7-4-3-5-8-15/h15-17,19H,3-14H2,1-2H3. The zero-order valence-corrected chi connectivity index (χ0v) is 13.7. The monoisotopic (exact) mass is 278 g/mol. The molecule has 0 radical (unpaired) electrons. The van der Waals surface area contributed by atoms with E-state index < -0.39 is 0 Å². The molecule has 2 unspecified atom stereocenters. The van der Waals surface area contributed by atoms with Crippen molar-refractivity contribution in [1.29, 1.82) is 0 Å². The molecule has 0 aromatic carbocycles. The molecule has 2 nitrogen and oxygen atoms in total. The van der Waals surface area contributed by atoms with Crippen LogP contribution in [0.3, 0.4) is 0 Å². The molecule has 0 aromatic heterocycles. The molecule has 3 fully saturated rings. The SMILES string of the molecule is CC1(C)CCC(N2CCCNC(C3CCCCC3)C2)C1. The zero-order chi connectivity index (χ0) is 14.0. The van der Waals surface area contributed by atoms with E-state index in [9.17, 15) is 0 Å². The van der Waals surface area contributed by atoms with Crippen LogP contribution >= 0.6 is 0 Å². The third-order valence-electron chi connectivity index (χ3n) is 6.14. The molecule has 116 valence electrons. The first kappa shape index (κ1) is 14.8. The summed E-state index contributed by atoms with van der Waals surface area (Å²) in [4.78, 5) is 2.86. The summed E-state index contributed by atoms with van der Waals surface area (Å²) in [6, 6.07) is 1.65. The van der Waals surface area contributed by atoms with Crippen molar-refractivity contribution >= 4 is 0 Å². The van der Waals surface area contributed by atoms with E-state index in [1.807, 2.05) is 0 Å². The molecule has 0 bridgehead atoms. The van der Waals surface area contributed by atoms with Crippen LogP contribution in [-0.2, 0) is 0 Å². The lowest BCUT2D eigenvalue weighted by molar-refractivity contribution is 0.156. The molecule has 1 heterocycles. The predicted octanol–water partition coefficient (Wildman–Crippen LogP) is 3.81. The number of hydrogen-bond acceptors (Lipinski definition) is 2. The van der Waals surface area contributed by atoms with Crippen LogP contribution in [0.15, 0.2) is 0 Å². The van der Waals surface area contributed by atoms with E-state index in [4.69, 9.17) is 0 Å². The van der Waals surface area contributed by atoms with Gasteiger partial charge in [0, 0.05) is 18.6 Å². The van der Waals surface area contributed by atoms with E-state index in [1.54, 1.807) is 0 Å². The first-order valence-corrected chi connectivity index (χ1v) is 9.11. The molecule has 3 aliphatic rings. The van der Waals surface area contributed by atoms with E-state index in [0.29, 0.717) is 5.41 Å². The third-order valence-corrected chi connectivity index (χ3v) is 6.14. The first-order chi connectivity index (χ1) is 9.64. The lowest BCUT2D eigenvalue weighted by Crippen LogP contribution is -2.46. The Bertz CT molecular complexity index is 307. The summed E-state index contributed by atoms with van der Waals surface area (Å²) in [6.07, 6.45) is 13.0. The quantitative estimate of drug-likeness (QED) is 0.826. The van der Waals surface area contributed by atoms with Crippen molar-refractivity contribution in [3.63, 3.8) is 0 Å². The number of hydrogen-bond donors (Lipinski definition) is 1. The van der Waals surface area contributed by atoms with E-state index in [-0.39, 0.29) is 0 Å². The summed E-state index contributed by atoms with van der Waals surface area (Å²) in [5.74, 6) is 0.957. The average Bonchev–Trinajstić information content (AvgIpc) is 2.67. The van der Waals surface area contributed by atoms with Crippen LogP contribution in [0.25, 0.3) is 0 Å². The predicted molar refractivity (Wildman–Crippen MR) is 86.0 cm³/mol. The summed E-state index contributed by atoms with van der Waals surface area (Å²) >= 11 is 0. The van der Waals surface area contributed by atoms with Gasteiger partial charge in [-0.05, 0) is 62.9 Å². The van der Waals surface area contributed by atoms with Crippen LogP contribution in [0.1, 0.15) is 71.6 Å². The van der Waals surface area contributed by atoms with Crippen LogP contribution in [0.5, 0.6) is 0 Å². The largest absolute Gasteiger partial charge is 0.312 e. The maximum atomic E-state index is 3.88. The number of nitrogens with zero attached hydrogens (tertiary/aromatic N) is 1. The van der Waals surface area contributed by atoms with Gasteiger partial charge in [0.25, 0.3) is 0 Å². The van der Waals surface area contributed by atoms with Gasteiger partial charge >= 0.3 is 0 Å². The van der Waals surface area contributed by atoms with Crippen molar-refractivity contribution in [3.05, 3.63) is 0 Å².